The minimum absolute atomic E-state index is 0.123. The van der Waals surface area contributed by atoms with Crippen LogP contribution in [0, 0.1) is 3.57 Å². The Morgan fingerprint density at radius 2 is 1.93 bits per heavy atom. The van der Waals surface area contributed by atoms with Crippen molar-refractivity contribution in [3.63, 3.8) is 0 Å². The number of methoxy groups -OCH3 is 2. The number of hydrogen-bond acceptors (Lipinski definition) is 7. The molecule has 2 fully saturated rings. The summed E-state index contributed by atoms with van der Waals surface area (Å²) in [5.41, 5.74) is 0.392. The lowest BCUT2D eigenvalue weighted by Crippen LogP contribution is -2.57. The molecule has 1 aromatic carbocycles. The van der Waals surface area contributed by atoms with Crippen molar-refractivity contribution in [2.24, 2.45) is 0 Å². The number of hydrogen-bond donors (Lipinski definition) is 1. The second-order valence-corrected chi connectivity index (χ2v) is 7.99. The minimum atomic E-state index is -0.737. The summed E-state index contributed by atoms with van der Waals surface area (Å²) in [7, 11) is 2.70. The number of benzene rings is 1. The van der Waals surface area contributed by atoms with Crippen LogP contribution in [-0.2, 0) is 19.1 Å². The highest BCUT2D eigenvalue weighted by molar-refractivity contribution is 14.1. The van der Waals surface area contributed by atoms with E-state index in [0.717, 1.165) is 30.6 Å². The molecule has 1 N–H and O–H groups in total. The summed E-state index contributed by atoms with van der Waals surface area (Å²) in [4.78, 5) is 50.0. The van der Waals surface area contributed by atoms with Gasteiger partial charge in [-0.25, -0.2) is 9.59 Å². The first kappa shape index (κ1) is 22.1. The van der Waals surface area contributed by atoms with Crippen molar-refractivity contribution in [1.29, 1.82) is 0 Å². The third kappa shape index (κ3) is 4.58. The van der Waals surface area contributed by atoms with Crippen LogP contribution in [0.5, 0.6) is 11.5 Å². The van der Waals surface area contributed by atoms with E-state index in [1.807, 2.05) is 22.6 Å². The fourth-order valence-electron chi connectivity index (χ4n) is 3.49. The van der Waals surface area contributed by atoms with Crippen LogP contribution >= 0.6 is 22.6 Å². The molecule has 3 rings (SSSR count). The van der Waals surface area contributed by atoms with Gasteiger partial charge in [-0.05, 0) is 59.2 Å². The SMILES string of the molecule is COC(=O)COc1c(I)cc(/C=C2\C(=O)NC(=O)N(C3CCCC3)C2=O)cc1OC. The van der Waals surface area contributed by atoms with E-state index in [1.165, 1.54) is 20.3 Å². The average molecular weight is 528 g/mol. The Kier molecular flexibility index (Phi) is 6.95. The molecule has 1 saturated heterocycles. The third-order valence-corrected chi connectivity index (χ3v) is 5.75. The van der Waals surface area contributed by atoms with Crippen LogP contribution in [0.2, 0.25) is 0 Å². The molecule has 4 amide bonds. The summed E-state index contributed by atoms with van der Waals surface area (Å²) >= 11 is 2.00. The molecule has 0 bridgehead atoms. The van der Waals surface area contributed by atoms with E-state index in [0.29, 0.717) is 20.6 Å². The maximum absolute atomic E-state index is 12.9. The highest BCUT2D eigenvalue weighted by Gasteiger charge is 2.40. The zero-order valence-corrected chi connectivity index (χ0v) is 18.7. The highest BCUT2D eigenvalue weighted by atomic mass is 127. The van der Waals surface area contributed by atoms with Gasteiger partial charge in [0.2, 0.25) is 0 Å². The second kappa shape index (κ2) is 9.45. The van der Waals surface area contributed by atoms with E-state index in [4.69, 9.17) is 9.47 Å². The molecule has 2 aliphatic rings. The van der Waals surface area contributed by atoms with Gasteiger partial charge >= 0.3 is 12.0 Å². The Morgan fingerprint density at radius 3 is 2.57 bits per heavy atom. The summed E-state index contributed by atoms with van der Waals surface area (Å²) in [5.74, 6) is -1.21. The molecule has 1 aliphatic carbocycles. The van der Waals surface area contributed by atoms with Crippen LogP contribution in [-0.4, -0.2) is 55.6 Å². The fraction of sp³-hybridized carbons (Fsp3) is 0.400. The molecule has 10 heteroatoms. The van der Waals surface area contributed by atoms with Crippen LogP contribution in [0.3, 0.4) is 0 Å². The highest BCUT2D eigenvalue weighted by Crippen LogP contribution is 2.35. The zero-order chi connectivity index (χ0) is 21.8. The maximum atomic E-state index is 12.9. The molecule has 0 atom stereocenters. The van der Waals surface area contributed by atoms with Crippen molar-refractivity contribution in [2.45, 2.75) is 31.7 Å². The molecule has 0 aromatic heterocycles. The van der Waals surface area contributed by atoms with Crippen molar-refractivity contribution >= 4 is 52.5 Å². The summed E-state index contributed by atoms with van der Waals surface area (Å²) in [6.45, 7) is -0.289. The van der Waals surface area contributed by atoms with E-state index in [9.17, 15) is 19.2 Å². The first-order valence-electron chi connectivity index (χ1n) is 9.33. The predicted molar refractivity (Wildman–Crippen MR) is 114 cm³/mol. The number of barbiturate groups is 1. The number of ether oxygens (including phenoxy) is 3. The Hall–Kier alpha value is -2.63. The van der Waals surface area contributed by atoms with Crippen LogP contribution in [0.1, 0.15) is 31.2 Å². The van der Waals surface area contributed by atoms with Crippen molar-refractivity contribution in [3.8, 4) is 11.5 Å². The first-order chi connectivity index (χ1) is 14.3. The molecular weight excluding hydrogens is 507 g/mol. The van der Waals surface area contributed by atoms with Gasteiger partial charge in [0.05, 0.1) is 17.8 Å². The number of amides is 4. The molecule has 0 unspecified atom stereocenters. The molecule has 160 valence electrons. The molecule has 1 aromatic rings. The lowest BCUT2D eigenvalue weighted by Gasteiger charge is -2.31. The number of nitrogens with one attached hydrogen (secondary N) is 1. The molecule has 1 aliphatic heterocycles. The number of urea groups is 1. The molecule has 30 heavy (non-hydrogen) atoms. The molecular formula is C20H21IN2O7. The van der Waals surface area contributed by atoms with Crippen LogP contribution in [0.15, 0.2) is 17.7 Å². The molecule has 9 nitrogen and oxygen atoms in total. The fourth-order valence-corrected chi connectivity index (χ4v) is 4.27. The molecule has 0 spiro atoms. The van der Waals surface area contributed by atoms with Gasteiger partial charge < -0.3 is 14.2 Å². The maximum Gasteiger partial charge on any atom is 0.343 e. The normalized spacial score (nSPS) is 18.6. The van der Waals surface area contributed by atoms with Crippen molar-refractivity contribution in [1.82, 2.24) is 10.2 Å². The van der Waals surface area contributed by atoms with Gasteiger partial charge in [-0.2, -0.15) is 0 Å². The summed E-state index contributed by atoms with van der Waals surface area (Å²) in [6, 6.07) is 2.39. The van der Waals surface area contributed by atoms with Crippen LogP contribution < -0.4 is 14.8 Å². The van der Waals surface area contributed by atoms with Crippen LogP contribution in [0.4, 0.5) is 4.79 Å². The molecule has 1 heterocycles. The van der Waals surface area contributed by atoms with Gasteiger partial charge in [0.25, 0.3) is 11.8 Å². The number of rotatable bonds is 6. The monoisotopic (exact) mass is 528 g/mol. The standard InChI is InChI=1S/C20H21IN2O7/c1-28-15-9-11(8-14(21)17(15)30-10-16(24)29-2)7-13-18(25)22-20(27)23(19(13)26)12-5-3-4-6-12/h7-9,12H,3-6,10H2,1-2H3,(H,22,25,27)/b13-7+. The lowest BCUT2D eigenvalue weighted by molar-refractivity contribution is -0.143. The van der Waals surface area contributed by atoms with Crippen molar-refractivity contribution in [2.75, 3.05) is 20.8 Å². The van der Waals surface area contributed by atoms with Gasteiger partial charge in [0, 0.05) is 6.04 Å². The Morgan fingerprint density at radius 1 is 1.23 bits per heavy atom. The van der Waals surface area contributed by atoms with Crippen LogP contribution in [0.25, 0.3) is 6.08 Å². The Balaban J connectivity index is 1.91. The number of carbonyl (C=O) groups is 4. The third-order valence-electron chi connectivity index (χ3n) is 4.95. The molecule has 1 saturated carbocycles. The van der Waals surface area contributed by atoms with E-state index >= 15 is 0 Å². The number of esters is 1. The van der Waals surface area contributed by atoms with E-state index in [1.54, 1.807) is 12.1 Å². The van der Waals surface area contributed by atoms with Gasteiger partial charge in [-0.3, -0.25) is 19.8 Å². The van der Waals surface area contributed by atoms with Gasteiger partial charge in [-0.1, -0.05) is 12.8 Å². The Bertz CT molecular complexity index is 922. The number of carbonyl (C=O) groups excluding carboxylic acids is 4. The van der Waals surface area contributed by atoms with Gasteiger partial charge in [-0.15, -0.1) is 0 Å². The smallest absolute Gasteiger partial charge is 0.343 e. The summed E-state index contributed by atoms with van der Waals surface area (Å²) in [6.07, 6.45) is 4.77. The van der Waals surface area contributed by atoms with E-state index < -0.39 is 23.8 Å². The largest absolute Gasteiger partial charge is 0.493 e. The predicted octanol–water partition coefficient (Wildman–Crippen LogP) is 2.26. The molecule has 0 radical (unpaired) electrons. The number of halogens is 1. The van der Waals surface area contributed by atoms with Gasteiger partial charge in [0.15, 0.2) is 18.1 Å². The lowest BCUT2D eigenvalue weighted by atomic mass is 10.0. The first-order valence-corrected chi connectivity index (χ1v) is 10.4. The van der Waals surface area contributed by atoms with Crippen molar-refractivity contribution < 1.29 is 33.4 Å². The topological polar surface area (TPSA) is 111 Å². The number of nitrogens with zero attached hydrogens (tertiary/aromatic N) is 1. The van der Waals surface area contributed by atoms with Crippen molar-refractivity contribution in [3.05, 3.63) is 26.8 Å². The number of imide groups is 2. The zero-order valence-electron chi connectivity index (χ0n) is 16.5. The van der Waals surface area contributed by atoms with E-state index in [2.05, 4.69) is 10.1 Å². The summed E-state index contributed by atoms with van der Waals surface area (Å²) in [5, 5.41) is 2.25. The summed E-state index contributed by atoms with van der Waals surface area (Å²) < 4.78 is 16.0. The Labute approximate surface area is 186 Å². The van der Waals surface area contributed by atoms with Gasteiger partial charge in [0.1, 0.15) is 5.57 Å². The second-order valence-electron chi connectivity index (χ2n) is 6.83. The minimum Gasteiger partial charge on any atom is -0.493 e. The quantitative estimate of drug-likeness (QED) is 0.261. The average Bonchev–Trinajstić information content (AvgIpc) is 3.23. The van der Waals surface area contributed by atoms with E-state index in [-0.39, 0.29) is 18.2 Å².